The summed E-state index contributed by atoms with van der Waals surface area (Å²) in [7, 11) is 0. The molecule has 1 unspecified atom stereocenters. The lowest BCUT2D eigenvalue weighted by Crippen LogP contribution is -2.23. The molecule has 0 bridgehead atoms. The summed E-state index contributed by atoms with van der Waals surface area (Å²) in [5, 5.41) is 22.3. The van der Waals surface area contributed by atoms with Gasteiger partial charge in [0.15, 0.2) is 0 Å². The van der Waals surface area contributed by atoms with Crippen LogP contribution in [0.5, 0.6) is 0 Å². The Bertz CT molecular complexity index is 762. The van der Waals surface area contributed by atoms with Gasteiger partial charge in [-0.3, -0.25) is 0 Å². The standard InChI is InChI=1S/C17H17BrN4O2/c18-15-8-6-14(7-9-15)17-19-21-22(20-17)10-16(23)12-24-11-13-4-2-1-3-5-13/h1-9,16,23H,10-12H2. The number of aliphatic hydroxyl groups is 1. The molecule has 0 aliphatic rings. The van der Waals surface area contributed by atoms with Crippen molar-refractivity contribution >= 4 is 15.9 Å². The smallest absolute Gasteiger partial charge is 0.204 e. The Morgan fingerprint density at radius 2 is 1.83 bits per heavy atom. The van der Waals surface area contributed by atoms with Crippen LogP contribution in [0.25, 0.3) is 11.4 Å². The van der Waals surface area contributed by atoms with Gasteiger partial charge in [0.25, 0.3) is 0 Å². The number of hydrogen-bond acceptors (Lipinski definition) is 5. The molecule has 3 aromatic rings. The van der Waals surface area contributed by atoms with Crippen LogP contribution >= 0.6 is 15.9 Å². The van der Waals surface area contributed by atoms with Crippen LogP contribution in [0.1, 0.15) is 5.56 Å². The van der Waals surface area contributed by atoms with Gasteiger partial charge >= 0.3 is 0 Å². The molecular formula is C17H17BrN4O2. The minimum absolute atomic E-state index is 0.212. The van der Waals surface area contributed by atoms with Gasteiger partial charge in [-0.25, -0.2) is 0 Å². The van der Waals surface area contributed by atoms with Gasteiger partial charge in [0, 0.05) is 10.0 Å². The summed E-state index contributed by atoms with van der Waals surface area (Å²) in [4.78, 5) is 1.38. The highest BCUT2D eigenvalue weighted by molar-refractivity contribution is 9.10. The Morgan fingerprint density at radius 3 is 2.58 bits per heavy atom. The van der Waals surface area contributed by atoms with Crippen molar-refractivity contribution in [2.75, 3.05) is 6.61 Å². The van der Waals surface area contributed by atoms with Crippen molar-refractivity contribution in [2.24, 2.45) is 0 Å². The van der Waals surface area contributed by atoms with E-state index >= 15 is 0 Å². The topological polar surface area (TPSA) is 73.1 Å². The highest BCUT2D eigenvalue weighted by Crippen LogP contribution is 2.17. The third-order valence-corrected chi connectivity index (χ3v) is 3.88. The highest BCUT2D eigenvalue weighted by Gasteiger charge is 2.10. The molecule has 0 aliphatic carbocycles. The number of aliphatic hydroxyl groups excluding tert-OH is 1. The number of tetrazole rings is 1. The van der Waals surface area contributed by atoms with Crippen molar-refractivity contribution in [1.29, 1.82) is 0 Å². The summed E-state index contributed by atoms with van der Waals surface area (Å²) >= 11 is 3.39. The van der Waals surface area contributed by atoms with Gasteiger partial charge in [-0.1, -0.05) is 46.3 Å². The Kier molecular flexibility index (Phi) is 5.68. The molecule has 0 radical (unpaired) electrons. The lowest BCUT2D eigenvalue weighted by molar-refractivity contribution is 0.0165. The second kappa shape index (κ2) is 8.14. The molecule has 2 aromatic carbocycles. The van der Waals surface area contributed by atoms with Crippen molar-refractivity contribution in [2.45, 2.75) is 19.3 Å². The van der Waals surface area contributed by atoms with Crippen LogP contribution in [0.2, 0.25) is 0 Å². The molecule has 24 heavy (non-hydrogen) atoms. The number of halogens is 1. The van der Waals surface area contributed by atoms with E-state index in [9.17, 15) is 5.11 Å². The Balaban J connectivity index is 1.50. The van der Waals surface area contributed by atoms with E-state index in [1.807, 2.05) is 54.6 Å². The predicted molar refractivity (Wildman–Crippen MR) is 93.1 cm³/mol. The van der Waals surface area contributed by atoms with Gasteiger partial charge < -0.3 is 9.84 Å². The summed E-state index contributed by atoms with van der Waals surface area (Å²) in [6, 6.07) is 17.5. The van der Waals surface area contributed by atoms with Crippen LogP contribution in [0.15, 0.2) is 59.1 Å². The zero-order valence-electron chi connectivity index (χ0n) is 12.9. The van der Waals surface area contributed by atoms with Crippen LogP contribution in [0, 0.1) is 0 Å². The number of rotatable bonds is 7. The molecule has 1 N–H and O–H groups in total. The monoisotopic (exact) mass is 388 g/mol. The van der Waals surface area contributed by atoms with Gasteiger partial charge in [0.2, 0.25) is 5.82 Å². The molecule has 1 heterocycles. The molecule has 0 saturated heterocycles. The zero-order valence-corrected chi connectivity index (χ0v) is 14.5. The van der Waals surface area contributed by atoms with E-state index in [0.717, 1.165) is 15.6 Å². The molecule has 7 heteroatoms. The minimum atomic E-state index is -0.694. The average molecular weight is 389 g/mol. The highest BCUT2D eigenvalue weighted by atomic mass is 79.9. The van der Waals surface area contributed by atoms with E-state index in [2.05, 4.69) is 31.3 Å². The number of aromatic nitrogens is 4. The van der Waals surface area contributed by atoms with Crippen LogP contribution in [0.3, 0.4) is 0 Å². The molecule has 0 amide bonds. The summed E-state index contributed by atoms with van der Waals surface area (Å²) in [6.45, 7) is 0.912. The molecule has 1 atom stereocenters. The second-order valence-corrected chi connectivity index (χ2v) is 6.25. The predicted octanol–water partition coefficient (Wildman–Crippen LogP) is 2.68. The largest absolute Gasteiger partial charge is 0.389 e. The summed E-state index contributed by atoms with van der Waals surface area (Å²) in [6.07, 6.45) is -0.694. The maximum absolute atomic E-state index is 10.0. The van der Waals surface area contributed by atoms with Gasteiger partial charge in [-0.15, -0.1) is 10.2 Å². The van der Waals surface area contributed by atoms with Crippen molar-refractivity contribution in [1.82, 2.24) is 20.2 Å². The molecule has 3 rings (SSSR count). The molecule has 6 nitrogen and oxygen atoms in total. The molecule has 0 aliphatic heterocycles. The third kappa shape index (κ3) is 4.70. The van der Waals surface area contributed by atoms with Gasteiger partial charge in [0.1, 0.15) is 0 Å². The van der Waals surface area contributed by atoms with Crippen molar-refractivity contribution < 1.29 is 9.84 Å². The SMILES string of the molecule is OC(COCc1ccccc1)Cn1nnc(-c2ccc(Br)cc2)n1. The number of nitrogens with zero attached hydrogens (tertiary/aromatic N) is 4. The fourth-order valence-electron chi connectivity index (χ4n) is 2.16. The van der Waals surface area contributed by atoms with Crippen LogP contribution < -0.4 is 0 Å². The average Bonchev–Trinajstić information content (AvgIpc) is 3.05. The molecule has 1 aromatic heterocycles. The Hall–Kier alpha value is -2.09. The van der Waals surface area contributed by atoms with E-state index in [4.69, 9.17) is 4.74 Å². The maximum Gasteiger partial charge on any atom is 0.204 e. The fourth-order valence-corrected chi connectivity index (χ4v) is 2.43. The third-order valence-electron chi connectivity index (χ3n) is 3.35. The molecule has 0 spiro atoms. The summed E-state index contributed by atoms with van der Waals surface area (Å²) < 4.78 is 6.50. The Morgan fingerprint density at radius 1 is 1.08 bits per heavy atom. The van der Waals surface area contributed by atoms with Crippen LogP contribution in [0.4, 0.5) is 0 Å². The molecule has 0 saturated carbocycles. The number of ether oxygens (including phenoxy) is 1. The molecular weight excluding hydrogens is 372 g/mol. The zero-order chi connectivity index (χ0) is 16.8. The van der Waals surface area contributed by atoms with Crippen molar-refractivity contribution in [3.63, 3.8) is 0 Å². The molecule has 0 fully saturated rings. The van der Waals surface area contributed by atoms with E-state index in [1.54, 1.807) is 0 Å². The normalized spacial score (nSPS) is 12.2. The molecule has 124 valence electrons. The van der Waals surface area contributed by atoms with Crippen LogP contribution in [-0.4, -0.2) is 38.0 Å². The first-order chi connectivity index (χ1) is 11.7. The van der Waals surface area contributed by atoms with Crippen molar-refractivity contribution in [3.8, 4) is 11.4 Å². The maximum atomic E-state index is 10.0. The number of benzene rings is 2. The first kappa shape index (κ1) is 16.8. The van der Waals surface area contributed by atoms with Gasteiger partial charge in [0.05, 0.1) is 25.9 Å². The van der Waals surface area contributed by atoms with Gasteiger partial charge in [-0.2, -0.15) is 4.80 Å². The fraction of sp³-hybridized carbons (Fsp3) is 0.235. The minimum Gasteiger partial charge on any atom is -0.389 e. The lowest BCUT2D eigenvalue weighted by Gasteiger charge is -2.10. The Labute approximate surface area is 148 Å². The first-order valence-electron chi connectivity index (χ1n) is 7.54. The lowest BCUT2D eigenvalue weighted by atomic mass is 10.2. The summed E-state index contributed by atoms with van der Waals surface area (Å²) in [5.74, 6) is 0.528. The van der Waals surface area contributed by atoms with Crippen LogP contribution in [-0.2, 0) is 17.9 Å². The second-order valence-electron chi connectivity index (χ2n) is 5.33. The first-order valence-corrected chi connectivity index (χ1v) is 8.33. The van der Waals surface area contributed by atoms with E-state index in [1.165, 1.54) is 4.80 Å². The summed E-state index contributed by atoms with van der Waals surface area (Å²) in [5.41, 5.74) is 1.94. The number of hydrogen-bond donors (Lipinski definition) is 1. The van der Waals surface area contributed by atoms with Gasteiger partial charge in [-0.05, 0) is 35.0 Å². The van der Waals surface area contributed by atoms with Crippen molar-refractivity contribution in [3.05, 3.63) is 64.6 Å². The quantitative estimate of drug-likeness (QED) is 0.673. The van der Waals surface area contributed by atoms with E-state index < -0.39 is 6.10 Å². The van der Waals surface area contributed by atoms with E-state index in [0.29, 0.717) is 12.4 Å². The van der Waals surface area contributed by atoms with E-state index in [-0.39, 0.29) is 13.2 Å².